The molecular formula is C16H24N2O3. The molecule has 0 bridgehead atoms. The van der Waals surface area contributed by atoms with E-state index in [0.29, 0.717) is 11.5 Å². The monoisotopic (exact) mass is 292 g/mol. The van der Waals surface area contributed by atoms with Crippen LogP contribution in [0.25, 0.3) is 0 Å². The third-order valence-corrected chi connectivity index (χ3v) is 4.13. The third kappa shape index (κ3) is 3.73. The number of pyridine rings is 1. The van der Waals surface area contributed by atoms with Gasteiger partial charge in [-0.3, -0.25) is 0 Å². The van der Waals surface area contributed by atoms with E-state index in [4.69, 9.17) is 4.74 Å². The molecule has 5 nitrogen and oxygen atoms in total. The van der Waals surface area contributed by atoms with Crippen molar-refractivity contribution in [1.29, 1.82) is 0 Å². The number of hydrogen-bond acceptors (Lipinski definition) is 4. The minimum atomic E-state index is -0.898. The van der Waals surface area contributed by atoms with Crippen molar-refractivity contribution in [2.45, 2.75) is 39.2 Å². The van der Waals surface area contributed by atoms with Gasteiger partial charge in [0.1, 0.15) is 5.82 Å². The summed E-state index contributed by atoms with van der Waals surface area (Å²) in [6.45, 7) is 5.91. The lowest BCUT2D eigenvalue weighted by Gasteiger charge is -2.37. The molecule has 1 saturated heterocycles. The summed E-state index contributed by atoms with van der Waals surface area (Å²) in [6.07, 6.45) is 2.95. The first-order valence-electron chi connectivity index (χ1n) is 7.57. The number of methoxy groups -OCH3 is 1. The Morgan fingerprint density at radius 2 is 2.29 bits per heavy atom. The molecule has 2 unspecified atom stereocenters. The van der Waals surface area contributed by atoms with Gasteiger partial charge in [-0.25, -0.2) is 9.78 Å². The smallest absolute Gasteiger partial charge is 0.335 e. The number of piperidine rings is 1. The van der Waals surface area contributed by atoms with E-state index < -0.39 is 5.97 Å². The molecule has 1 aromatic heterocycles. The van der Waals surface area contributed by atoms with Gasteiger partial charge in [0.05, 0.1) is 11.7 Å². The summed E-state index contributed by atoms with van der Waals surface area (Å²) in [7, 11) is 1.73. The van der Waals surface area contributed by atoms with Gasteiger partial charge in [0.25, 0.3) is 0 Å². The highest BCUT2D eigenvalue weighted by atomic mass is 16.5. The van der Waals surface area contributed by atoms with Crippen LogP contribution in [-0.2, 0) is 11.2 Å². The molecule has 1 aromatic rings. The van der Waals surface area contributed by atoms with E-state index >= 15 is 0 Å². The maximum Gasteiger partial charge on any atom is 0.335 e. The van der Waals surface area contributed by atoms with Crippen molar-refractivity contribution in [3.63, 3.8) is 0 Å². The Bertz CT molecular complexity index is 504. The molecule has 1 N–H and O–H groups in total. The Hall–Kier alpha value is -1.62. The first kappa shape index (κ1) is 15.8. The molecule has 2 rings (SSSR count). The zero-order valence-corrected chi connectivity index (χ0v) is 13.0. The summed E-state index contributed by atoms with van der Waals surface area (Å²) in [5, 5.41) is 9.27. The van der Waals surface area contributed by atoms with E-state index in [9.17, 15) is 9.90 Å². The molecule has 0 amide bonds. The number of carboxylic acids is 1. The van der Waals surface area contributed by atoms with Gasteiger partial charge < -0.3 is 14.7 Å². The van der Waals surface area contributed by atoms with Gasteiger partial charge in [-0.15, -0.1) is 0 Å². The van der Waals surface area contributed by atoms with Crippen LogP contribution in [0, 0.1) is 5.92 Å². The van der Waals surface area contributed by atoms with E-state index in [2.05, 4.69) is 23.7 Å². The predicted octanol–water partition coefficient (Wildman–Crippen LogP) is 2.59. The second-order valence-electron chi connectivity index (χ2n) is 5.75. The second kappa shape index (κ2) is 6.89. The van der Waals surface area contributed by atoms with Crippen LogP contribution >= 0.6 is 0 Å². The SMILES string of the molecule is CCCc1cc(C(=O)O)cc(N2CCC(C)C(OC)C2)n1. The van der Waals surface area contributed by atoms with Gasteiger partial charge in [0.2, 0.25) is 0 Å². The fourth-order valence-corrected chi connectivity index (χ4v) is 2.79. The van der Waals surface area contributed by atoms with Gasteiger partial charge >= 0.3 is 5.97 Å². The van der Waals surface area contributed by atoms with Gasteiger partial charge in [-0.1, -0.05) is 20.3 Å². The van der Waals surface area contributed by atoms with Crippen molar-refractivity contribution in [1.82, 2.24) is 4.98 Å². The van der Waals surface area contributed by atoms with Crippen LogP contribution in [0.5, 0.6) is 0 Å². The Morgan fingerprint density at radius 1 is 1.52 bits per heavy atom. The van der Waals surface area contributed by atoms with E-state index in [1.54, 1.807) is 19.2 Å². The summed E-state index contributed by atoms with van der Waals surface area (Å²) >= 11 is 0. The standard InChI is InChI=1S/C16H24N2O3/c1-4-5-13-8-12(16(19)20)9-15(17-13)18-7-6-11(2)14(10-18)21-3/h8-9,11,14H,4-7,10H2,1-3H3,(H,19,20). The average Bonchev–Trinajstić information content (AvgIpc) is 2.47. The first-order valence-corrected chi connectivity index (χ1v) is 7.57. The minimum absolute atomic E-state index is 0.170. The van der Waals surface area contributed by atoms with Crippen LogP contribution in [0.3, 0.4) is 0 Å². The average molecular weight is 292 g/mol. The largest absolute Gasteiger partial charge is 0.478 e. The molecule has 0 aromatic carbocycles. The van der Waals surface area contributed by atoms with E-state index in [-0.39, 0.29) is 6.10 Å². The van der Waals surface area contributed by atoms with Crippen molar-refractivity contribution in [3.8, 4) is 0 Å². The minimum Gasteiger partial charge on any atom is -0.478 e. The molecule has 1 fully saturated rings. The normalized spacial score (nSPS) is 22.3. The Balaban J connectivity index is 2.27. The summed E-state index contributed by atoms with van der Waals surface area (Å²) < 4.78 is 5.52. The zero-order chi connectivity index (χ0) is 15.4. The third-order valence-electron chi connectivity index (χ3n) is 4.13. The number of anilines is 1. The molecule has 5 heteroatoms. The van der Waals surface area contributed by atoms with Crippen LogP contribution in [0.2, 0.25) is 0 Å². The second-order valence-corrected chi connectivity index (χ2v) is 5.75. The molecule has 0 spiro atoms. The molecular weight excluding hydrogens is 268 g/mol. The fraction of sp³-hybridized carbons (Fsp3) is 0.625. The van der Waals surface area contributed by atoms with Crippen LogP contribution in [0.4, 0.5) is 5.82 Å². The van der Waals surface area contributed by atoms with Crippen LogP contribution in [0.1, 0.15) is 42.7 Å². The lowest BCUT2D eigenvalue weighted by molar-refractivity contribution is 0.0496. The maximum absolute atomic E-state index is 11.3. The van der Waals surface area contributed by atoms with Crippen LogP contribution < -0.4 is 4.90 Å². The lowest BCUT2D eigenvalue weighted by Crippen LogP contribution is -2.44. The molecule has 116 valence electrons. The number of aromatic carboxylic acids is 1. The zero-order valence-electron chi connectivity index (χ0n) is 13.0. The van der Waals surface area contributed by atoms with Crippen LogP contribution in [-0.4, -0.2) is 42.4 Å². The topological polar surface area (TPSA) is 62.7 Å². The number of carbonyl (C=O) groups is 1. The number of aromatic nitrogens is 1. The van der Waals surface area contributed by atoms with E-state index in [0.717, 1.165) is 43.9 Å². The molecule has 1 aliphatic heterocycles. The summed E-state index contributed by atoms with van der Waals surface area (Å²) in [6, 6.07) is 3.35. The Morgan fingerprint density at radius 3 is 2.90 bits per heavy atom. The van der Waals surface area contributed by atoms with Crippen molar-refractivity contribution in [2.24, 2.45) is 5.92 Å². The quantitative estimate of drug-likeness (QED) is 0.903. The van der Waals surface area contributed by atoms with Crippen molar-refractivity contribution in [3.05, 3.63) is 23.4 Å². The lowest BCUT2D eigenvalue weighted by atomic mass is 9.95. The number of rotatable bonds is 5. The highest BCUT2D eigenvalue weighted by molar-refractivity contribution is 5.88. The predicted molar refractivity (Wildman–Crippen MR) is 82.0 cm³/mol. The molecule has 0 aliphatic carbocycles. The molecule has 21 heavy (non-hydrogen) atoms. The van der Waals surface area contributed by atoms with Gasteiger partial charge in [-0.2, -0.15) is 0 Å². The number of nitrogens with zero attached hydrogens (tertiary/aromatic N) is 2. The highest BCUT2D eigenvalue weighted by Crippen LogP contribution is 2.25. The Labute approximate surface area is 125 Å². The molecule has 1 aliphatic rings. The van der Waals surface area contributed by atoms with E-state index in [1.165, 1.54) is 0 Å². The highest BCUT2D eigenvalue weighted by Gasteiger charge is 2.27. The van der Waals surface area contributed by atoms with Gasteiger partial charge in [-0.05, 0) is 30.9 Å². The summed E-state index contributed by atoms with van der Waals surface area (Å²) in [4.78, 5) is 18.1. The number of aryl methyl sites for hydroxylation is 1. The molecule has 0 radical (unpaired) electrons. The van der Waals surface area contributed by atoms with Crippen molar-refractivity contribution in [2.75, 3.05) is 25.1 Å². The van der Waals surface area contributed by atoms with Gasteiger partial charge in [0.15, 0.2) is 0 Å². The van der Waals surface area contributed by atoms with Crippen molar-refractivity contribution >= 4 is 11.8 Å². The fourth-order valence-electron chi connectivity index (χ4n) is 2.79. The number of hydrogen-bond donors (Lipinski definition) is 1. The van der Waals surface area contributed by atoms with Crippen molar-refractivity contribution < 1.29 is 14.6 Å². The molecule has 0 saturated carbocycles. The molecule has 2 atom stereocenters. The maximum atomic E-state index is 11.3. The number of carboxylic acid groups (broad SMARTS) is 1. The number of ether oxygens (including phenoxy) is 1. The van der Waals surface area contributed by atoms with Crippen LogP contribution in [0.15, 0.2) is 12.1 Å². The van der Waals surface area contributed by atoms with E-state index in [1.807, 2.05) is 0 Å². The van der Waals surface area contributed by atoms with Gasteiger partial charge in [0, 0.05) is 25.9 Å². The Kier molecular flexibility index (Phi) is 5.17. The molecule has 2 heterocycles. The summed E-state index contributed by atoms with van der Waals surface area (Å²) in [5.41, 5.74) is 1.16. The summed E-state index contributed by atoms with van der Waals surface area (Å²) in [5.74, 6) is 0.376. The first-order chi connectivity index (χ1) is 10.0.